The average molecular weight is 232 g/mol. The molecule has 1 heterocycles. The first-order valence-electron chi connectivity index (χ1n) is 5.04. The van der Waals surface area contributed by atoms with E-state index in [9.17, 15) is 8.42 Å². The van der Waals surface area contributed by atoms with E-state index >= 15 is 0 Å². The van der Waals surface area contributed by atoms with Gasteiger partial charge in [-0.3, -0.25) is 4.28 Å². The highest BCUT2D eigenvalue weighted by molar-refractivity contribution is 7.86. The fourth-order valence-corrected chi connectivity index (χ4v) is 2.15. The molecule has 0 unspecified atom stereocenters. The van der Waals surface area contributed by atoms with Crippen molar-refractivity contribution in [1.29, 1.82) is 0 Å². The third kappa shape index (κ3) is 4.83. The largest absolute Gasteiger partial charge is 0.327 e. The number of nitrogens with zero attached hydrogens (tertiary/aromatic N) is 2. The molecule has 0 fully saturated rings. The summed E-state index contributed by atoms with van der Waals surface area (Å²) >= 11 is 0. The summed E-state index contributed by atoms with van der Waals surface area (Å²) < 4.78 is 28.6. The number of unbranched alkanes of at least 4 members (excludes halogenated alkanes) is 3. The predicted molar refractivity (Wildman–Crippen MR) is 56.7 cm³/mol. The van der Waals surface area contributed by atoms with Gasteiger partial charge in [0.1, 0.15) is 6.33 Å². The Kier molecular flexibility index (Phi) is 4.61. The number of hydrogen-bond donors (Lipinski definition) is 0. The van der Waals surface area contributed by atoms with Crippen LogP contribution < -0.4 is 4.28 Å². The van der Waals surface area contributed by atoms with E-state index in [0.717, 1.165) is 24.0 Å². The summed E-state index contributed by atoms with van der Waals surface area (Å²) in [7, 11) is -3.46. The number of rotatable bonds is 7. The van der Waals surface area contributed by atoms with Gasteiger partial charge in [-0.05, 0) is 6.42 Å². The molecule has 0 amide bonds. The topological polar surface area (TPSA) is 61.2 Å². The second-order valence-corrected chi connectivity index (χ2v) is 4.99. The van der Waals surface area contributed by atoms with Crippen molar-refractivity contribution in [2.75, 3.05) is 5.75 Å². The molecule has 6 heteroatoms. The van der Waals surface area contributed by atoms with Crippen molar-refractivity contribution < 1.29 is 12.7 Å². The lowest BCUT2D eigenvalue weighted by atomic mass is 10.2. The highest BCUT2D eigenvalue weighted by atomic mass is 32.2. The Morgan fingerprint density at radius 3 is 2.73 bits per heavy atom. The van der Waals surface area contributed by atoms with Crippen molar-refractivity contribution in [3.8, 4) is 0 Å². The first-order chi connectivity index (χ1) is 7.14. The Labute approximate surface area is 90.2 Å². The molecule has 0 radical (unpaired) electrons. The molecule has 0 bridgehead atoms. The molecule has 1 rings (SSSR count). The van der Waals surface area contributed by atoms with E-state index in [4.69, 9.17) is 4.28 Å². The van der Waals surface area contributed by atoms with Crippen LogP contribution in [0.5, 0.6) is 0 Å². The molecule has 0 spiro atoms. The van der Waals surface area contributed by atoms with Gasteiger partial charge in [0.15, 0.2) is 0 Å². The second-order valence-electron chi connectivity index (χ2n) is 3.32. The summed E-state index contributed by atoms with van der Waals surface area (Å²) in [5.41, 5.74) is 0. The van der Waals surface area contributed by atoms with Crippen molar-refractivity contribution in [2.24, 2.45) is 0 Å². The van der Waals surface area contributed by atoms with Gasteiger partial charge >= 0.3 is 10.1 Å². The normalized spacial score (nSPS) is 11.5. The van der Waals surface area contributed by atoms with Gasteiger partial charge < -0.3 is 0 Å². The van der Waals surface area contributed by atoms with Gasteiger partial charge in [0.05, 0.1) is 11.9 Å². The van der Waals surface area contributed by atoms with Crippen molar-refractivity contribution in [1.82, 2.24) is 9.71 Å². The Hall–Kier alpha value is -1.04. The second kappa shape index (κ2) is 5.75. The molecule has 0 aliphatic carbocycles. The maximum atomic E-state index is 11.4. The van der Waals surface area contributed by atoms with Gasteiger partial charge in [0.2, 0.25) is 0 Å². The van der Waals surface area contributed by atoms with E-state index in [2.05, 4.69) is 11.9 Å². The molecule has 1 aromatic rings. The molecule has 0 saturated heterocycles. The minimum atomic E-state index is -3.46. The van der Waals surface area contributed by atoms with E-state index in [0.29, 0.717) is 6.42 Å². The van der Waals surface area contributed by atoms with Crippen LogP contribution in [-0.4, -0.2) is 23.9 Å². The van der Waals surface area contributed by atoms with Gasteiger partial charge in [-0.25, -0.2) is 4.98 Å². The van der Waals surface area contributed by atoms with E-state index < -0.39 is 10.1 Å². The fraction of sp³-hybridized carbons (Fsp3) is 0.667. The van der Waals surface area contributed by atoms with Crippen LogP contribution in [0.15, 0.2) is 18.7 Å². The molecule has 0 N–H and O–H groups in total. The quantitative estimate of drug-likeness (QED) is 0.663. The zero-order valence-electron chi connectivity index (χ0n) is 8.80. The Balaban J connectivity index is 2.33. The summed E-state index contributed by atoms with van der Waals surface area (Å²) in [6, 6.07) is 0. The zero-order chi connectivity index (χ0) is 11.1. The molecule has 1 aromatic heterocycles. The van der Waals surface area contributed by atoms with Crippen LogP contribution in [0.2, 0.25) is 0 Å². The van der Waals surface area contributed by atoms with Gasteiger partial charge in [-0.15, -0.1) is 0 Å². The monoisotopic (exact) mass is 232 g/mol. The lowest BCUT2D eigenvalue weighted by Crippen LogP contribution is -2.21. The van der Waals surface area contributed by atoms with Crippen molar-refractivity contribution >= 4 is 10.1 Å². The average Bonchev–Trinajstić information content (AvgIpc) is 2.64. The lowest BCUT2D eigenvalue weighted by Gasteiger charge is -2.05. The summed E-state index contributed by atoms with van der Waals surface area (Å²) in [4.78, 5) is 3.69. The molecule has 15 heavy (non-hydrogen) atoms. The summed E-state index contributed by atoms with van der Waals surface area (Å²) in [5.74, 6) is 0.0607. The number of hydrogen-bond acceptors (Lipinski definition) is 4. The molecular weight excluding hydrogens is 216 g/mol. The van der Waals surface area contributed by atoms with Crippen LogP contribution in [-0.2, 0) is 10.1 Å². The maximum absolute atomic E-state index is 11.4. The standard InChI is InChI=1S/C9H16N2O3S/c1-2-3-4-5-8-15(12,13)14-11-7-6-10-9-11/h6-7,9H,2-5,8H2,1H3. The number of aromatic nitrogens is 2. The van der Waals surface area contributed by atoms with Gasteiger partial charge in [0.25, 0.3) is 0 Å². The Bertz CT molecular complexity index is 359. The van der Waals surface area contributed by atoms with Crippen LogP contribution in [0.4, 0.5) is 0 Å². The van der Waals surface area contributed by atoms with Gasteiger partial charge in [0, 0.05) is 6.20 Å². The fourth-order valence-electron chi connectivity index (χ4n) is 1.16. The highest BCUT2D eigenvalue weighted by Gasteiger charge is 2.11. The van der Waals surface area contributed by atoms with E-state index in [-0.39, 0.29) is 5.75 Å². The first-order valence-corrected chi connectivity index (χ1v) is 6.62. The molecule has 0 aliphatic rings. The minimum absolute atomic E-state index is 0.0607. The molecule has 0 saturated carbocycles. The molecular formula is C9H16N2O3S. The SMILES string of the molecule is CCCCCCS(=O)(=O)On1ccnc1. The van der Waals surface area contributed by atoms with Crippen LogP contribution in [0.3, 0.4) is 0 Å². The lowest BCUT2D eigenvalue weighted by molar-refractivity contribution is 0.278. The summed E-state index contributed by atoms with van der Waals surface area (Å²) in [5, 5.41) is 0. The van der Waals surface area contributed by atoms with Crippen molar-refractivity contribution in [3.05, 3.63) is 18.7 Å². The third-order valence-electron chi connectivity index (χ3n) is 1.93. The number of imidazole rings is 1. The summed E-state index contributed by atoms with van der Waals surface area (Å²) in [6.45, 7) is 2.08. The van der Waals surface area contributed by atoms with Crippen molar-refractivity contribution in [2.45, 2.75) is 32.6 Å². The van der Waals surface area contributed by atoms with Crippen molar-refractivity contribution in [3.63, 3.8) is 0 Å². The maximum Gasteiger partial charge on any atom is 0.327 e. The van der Waals surface area contributed by atoms with Crippen LogP contribution >= 0.6 is 0 Å². The summed E-state index contributed by atoms with van der Waals surface area (Å²) in [6.07, 6.45) is 7.93. The van der Waals surface area contributed by atoms with E-state index in [1.54, 1.807) is 0 Å². The smallest absolute Gasteiger partial charge is 0.286 e. The highest BCUT2D eigenvalue weighted by Crippen LogP contribution is 2.02. The molecule has 0 aromatic carbocycles. The van der Waals surface area contributed by atoms with Crippen LogP contribution in [0.1, 0.15) is 32.6 Å². The third-order valence-corrected chi connectivity index (χ3v) is 3.12. The van der Waals surface area contributed by atoms with E-state index in [1.807, 2.05) is 0 Å². The first kappa shape index (κ1) is 12.0. The van der Waals surface area contributed by atoms with Gasteiger partial charge in [-0.1, -0.05) is 26.2 Å². The van der Waals surface area contributed by atoms with Crippen LogP contribution in [0, 0.1) is 0 Å². The van der Waals surface area contributed by atoms with Gasteiger partial charge in [-0.2, -0.15) is 13.1 Å². The minimum Gasteiger partial charge on any atom is -0.286 e. The Morgan fingerprint density at radius 1 is 1.33 bits per heavy atom. The molecule has 86 valence electrons. The zero-order valence-corrected chi connectivity index (χ0v) is 9.61. The predicted octanol–water partition coefficient (Wildman–Crippen LogP) is 1.22. The molecule has 5 nitrogen and oxygen atoms in total. The van der Waals surface area contributed by atoms with E-state index in [1.165, 1.54) is 18.7 Å². The van der Waals surface area contributed by atoms with Crippen LogP contribution in [0.25, 0.3) is 0 Å². The molecule has 0 atom stereocenters. The molecule has 0 aliphatic heterocycles. The Morgan fingerprint density at radius 2 is 2.13 bits per heavy atom.